The molecular formula is C9H9N3O2. The summed E-state index contributed by atoms with van der Waals surface area (Å²) in [5.41, 5.74) is 1.68. The number of ether oxygens (including phenoxy) is 1. The van der Waals surface area contributed by atoms with Gasteiger partial charge in [-0.3, -0.25) is 4.79 Å². The van der Waals surface area contributed by atoms with Crippen molar-refractivity contribution in [2.24, 2.45) is 0 Å². The van der Waals surface area contributed by atoms with Crippen LogP contribution in [0.1, 0.15) is 5.69 Å². The Morgan fingerprint density at radius 3 is 3.00 bits per heavy atom. The summed E-state index contributed by atoms with van der Waals surface area (Å²) in [5.74, 6) is -0.266. The van der Waals surface area contributed by atoms with Crippen LogP contribution >= 0.6 is 0 Å². The van der Waals surface area contributed by atoms with E-state index < -0.39 is 0 Å². The number of carbonyl (C=O) groups excluding carboxylic acids is 1. The predicted molar refractivity (Wildman–Crippen MR) is 49.6 cm³/mol. The van der Waals surface area contributed by atoms with E-state index in [9.17, 15) is 4.79 Å². The maximum absolute atomic E-state index is 11.0. The third kappa shape index (κ3) is 1.56. The van der Waals surface area contributed by atoms with Crippen molar-refractivity contribution in [3.8, 4) is 0 Å². The zero-order valence-electron chi connectivity index (χ0n) is 7.65. The average Bonchev–Trinajstić information content (AvgIpc) is 2.59. The van der Waals surface area contributed by atoms with Gasteiger partial charge in [0.05, 0.1) is 31.4 Å². The molecule has 0 aliphatic heterocycles. The predicted octanol–water partition coefficient (Wildman–Crippen LogP) is 0.673. The van der Waals surface area contributed by atoms with Crippen molar-refractivity contribution in [2.45, 2.75) is 6.42 Å². The number of rotatable bonds is 2. The molecule has 1 N–H and O–H groups in total. The summed E-state index contributed by atoms with van der Waals surface area (Å²) in [4.78, 5) is 14.0. The molecule has 0 radical (unpaired) electrons. The Labute approximate surface area is 80.1 Å². The summed E-state index contributed by atoms with van der Waals surface area (Å²) in [7, 11) is 1.37. The third-order valence-electron chi connectivity index (χ3n) is 1.95. The number of hydrogen-bond donors (Lipinski definition) is 1. The number of aromatic amines is 1. The van der Waals surface area contributed by atoms with Gasteiger partial charge in [0.15, 0.2) is 0 Å². The van der Waals surface area contributed by atoms with Gasteiger partial charge in [0.25, 0.3) is 0 Å². The number of H-pyrrole nitrogens is 1. The first-order valence-corrected chi connectivity index (χ1v) is 4.14. The van der Waals surface area contributed by atoms with E-state index in [1.165, 1.54) is 7.11 Å². The summed E-state index contributed by atoms with van der Waals surface area (Å²) in [6.07, 6.45) is 3.51. The quantitative estimate of drug-likeness (QED) is 0.708. The molecule has 0 amide bonds. The minimum Gasteiger partial charge on any atom is -0.469 e. The van der Waals surface area contributed by atoms with Gasteiger partial charge >= 0.3 is 5.97 Å². The molecule has 2 aromatic heterocycles. The van der Waals surface area contributed by atoms with Gasteiger partial charge in [0.1, 0.15) is 0 Å². The topological polar surface area (TPSA) is 67.9 Å². The molecule has 2 heterocycles. The van der Waals surface area contributed by atoms with Crippen molar-refractivity contribution in [2.75, 3.05) is 7.11 Å². The van der Waals surface area contributed by atoms with Crippen LogP contribution < -0.4 is 0 Å². The highest BCUT2D eigenvalue weighted by molar-refractivity contribution is 5.80. The number of carbonyl (C=O) groups is 1. The van der Waals surface area contributed by atoms with Crippen LogP contribution in [0.25, 0.3) is 10.9 Å². The molecule has 0 unspecified atom stereocenters. The van der Waals surface area contributed by atoms with Gasteiger partial charge in [-0.25, -0.2) is 0 Å². The molecule has 0 spiro atoms. The van der Waals surface area contributed by atoms with Gasteiger partial charge in [-0.1, -0.05) is 0 Å². The van der Waals surface area contributed by atoms with E-state index in [1.807, 2.05) is 6.07 Å². The Kier molecular flexibility index (Phi) is 2.14. The van der Waals surface area contributed by atoms with E-state index in [2.05, 4.69) is 19.9 Å². The first-order valence-electron chi connectivity index (χ1n) is 4.14. The smallest absolute Gasteiger partial charge is 0.311 e. The number of methoxy groups -OCH3 is 1. The number of esters is 1. The molecule has 72 valence electrons. The molecule has 0 aliphatic rings. The van der Waals surface area contributed by atoms with E-state index in [1.54, 1.807) is 12.4 Å². The molecule has 2 rings (SSSR count). The van der Waals surface area contributed by atoms with E-state index in [0.29, 0.717) is 0 Å². The van der Waals surface area contributed by atoms with Crippen LogP contribution in [0.5, 0.6) is 0 Å². The van der Waals surface area contributed by atoms with E-state index in [0.717, 1.165) is 16.6 Å². The summed E-state index contributed by atoms with van der Waals surface area (Å²) in [6, 6.07) is 1.86. The van der Waals surface area contributed by atoms with Gasteiger partial charge in [-0.2, -0.15) is 10.2 Å². The molecule has 0 fully saturated rings. The molecular weight excluding hydrogens is 182 g/mol. The lowest BCUT2D eigenvalue weighted by Crippen LogP contribution is -2.04. The summed E-state index contributed by atoms with van der Waals surface area (Å²) in [6.45, 7) is 0. The van der Waals surface area contributed by atoms with Crippen LogP contribution in [-0.2, 0) is 16.0 Å². The number of nitrogens with one attached hydrogen (secondary N) is 1. The second-order valence-corrected chi connectivity index (χ2v) is 2.91. The van der Waals surface area contributed by atoms with Gasteiger partial charge in [0.2, 0.25) is 0 Å². The lowest BCUT2D eigenvalue weighted by Gasteiger charge is -1.94. The number of hydrogen-bond acceptors (Lipinski definition) is 4. The lowest BCUT2D eigenvalue weighted by molar-refractivity contribution is -0.139. The zero-order valence-corrected chi connectivity index (χ0v) is 7.65. The fourth-order valence-electron chi connectivity index (χ4n) is 1.27. The van der Waals surface area contributed by atoms with Crippen molar-refractivity contribution in [1.29, 1.82) is 0 Å². The molecule has 0 bridgehead atoms. The number of nitrogens with zero attached hydrogens (tertiary/aromatic N) is 2. The number of aromatic nitrogens is 3. The lowest BCUT2D eigenvalue weighted by atomic mass is 10.3. The minimum atomic E-state index is -0.266. The van der Waals surface area contributed by atoms with Crippen molar-refractivity contribution in [3.63, 3.8) is 0 Å². The van der Waals surface area contributed by atoms with Crippen LogP contribution in [0, 0.1) is 0 Å². The maximum Gasteiger partial charge on any atom is 0.311 e. The summed E-state index contributed by atoms with van der Waals surface area (Å²) < 4.78 is 4.56. The van der Waals surface area contributed by atoms with Gasteiger partial charge in [0, 0.05) is 11.1 Å². The molecule has 5 heteroatoms. The Morgan fingerprint density at radius 2 is 2.29 bits per heavy atom. The van der Waals surface area contributed by atoms with E-state index >= 15 is 0 Å². The van der Waals surface area contributed by atoms with Crippen molar-refractivity contribution in [1.82, 2.24) is 15.2 Å². The van der Waals surface area contributed by atoms with E-state index in [-0.39, 0.29) is 12.4 Å². The monoisotopic (exact) mass is 191 g/mol. The molecule has 5 nitrogen and oxygen atoms in total. The molecule has 0 atom stereocenters. The highest BCUT2D eigenvalue weighted by Gasteiger charge is 2.06. The first kappa shape index (κ1) is 8.68. The fraction of sp³-hybridized carbons (Fsp3) is 0.222. The Balaban J connectivity index is 2.31. The van der Waals surface area contributed by atoms with Crippen molar-refractivity contribution >= 4 is 16.9 Å². The molecule has 0 saturated heterocycles. The minimum absolute atomic E-state index is 0.241. The summed E-state index contributed by atoms with van der Waals surface area (Å²) >= 11 is 0. The van der Waals surface area contributed by atoms with Gasteiger partial charge in [-0.05, 0) is 6.07 Å². The largest absolute Gasteiger partial charge is 0.469 e. The second-order valence-electron chi connectivity index (χ2n) is 2.91. The second kappa shape index (κ2) is 3.45. The standard InChI is InChI=1S/C9H9N3O2/c1-14-9(13)3-7-2-6-4-10-11-5-8(6)12-7/h2,4-5,12H,3H2,1H3. The molecule has 0 aromatic carbocycles. The Morgan fingerprint density at radius 1 is 1.50 bits per heavy atom. The van der Waals surface area contributed by atoms with Gasteiger partial charge in [-0.15, -0.1) is 0 Å². The normalized spacial score (nSPS) is 10.4. The summed E-state index contributed by atoms with van der Waals surface area (Å²) in [5, 5.41) is 8.41. The van der Waals surface area contributed by atoms with Crippen LogP contribution in [0.15, 0.2) is 18.5 Å². The maximum atomic E-state index is 11.0. The average molecular weight is 191 g/mol. The molecule has 0 aliphatic carbocycles. The van der Waals surface area contributed by atoms with Crippen LogP contribution in [0.3, 0.4) is 0 Å². The van der Waals surface area contributed by atoms with Gasteiger partial charge < -0.3 is 9.72 Å². The first-order chi connectivity index (χ1) is 6.79. The van der Waals surface area contributed by atoms with Crippen LogP contribution in [-0.4, -0.2) is 28.3 Å². The Hall–Kier alpha value is -1.91. The van der Waals surface area contributed by atoms with Crippen LogP contribution in [0.4, 0.5) is 0 Å². The van der Waals surface area contributed by atoms with Crippen LogP contribution in [0.2, 0.25) is 0 Å². The Bertz CT molecular complexity index is 431. The molecule has 14 heavy (non-hydrogen) atoms. The molecule has 2 aromatic rings. The highest BCUT2D eigenvalue weighted by atomic mass is 16.5. The third-order valence-corrected chi connectivity index (χ3v) is 1.95. The SMILES string of the molecule is COC(=O)Cc1cc2cnncc2[nH]1. The zero-order chi connectivity index (χ0) is 9.97. The van der Waals surface area contributed by atoms with Crippen molar-refractivity contribution < 1.29 is 9.53 Å². The van der Waals surface area contributed by atoms with E-state index in [4.69, 9.17) is 0 Å². The molecule has 0 saturated carbocycles. The van der Waals surface area contributed by atoms with Crippen molar-refractivity contribution in [3.05, 3.63) is 24.2 Å². The fourth-order valence-corrected chi connectivity index (χ4v) is 1.27. The highest BCUT2D eigenvalue weighted by Crippen LogP contribution is 2.12. The number of fused-ring (bicyclic) bond motifs is 1.